The van der Waals surface area contributed by atoms with E-state index >= 15 is 0 Å². The van der Waals surface area contributed by atoms with Crippen LogP contribution in [0.5, 0.6) is 0 Å². The Hall–Kier alpha value is -3.28. The molecule has 0 atom stereocenters. The van der Waals surface area contributed by atoms with Crippen molar-refractivity contribution in [1.82, 2.24) is 9.21 Å². The summed E-state index contributed by atoms with van der Waals surface area (Å²) < 4.78 is 26.1. The van der Waals surface area contributed by atoms with Crippen molar-refractivity contribution in [3.8, 4) is 11.1 Å². The topological polar surface area (TPSA) is 120 Å². The lowest BCUT2D eigenvalue weighted by Crippen LogP contribution is -2.30. The zero-order valence-corrected chi connectivity index (χ0v) is 20.2. The number of fused-ring (bicyclic) bond motifs is 3. The minimum Gasteiger partial charge on any atom is -0.479 e. The Balaban J connectivity index is 1.87. The highest BCUT2D eigenvalue weighted by atomic mass is 32.2. The molecule has 1 amide bonds. The largest absolute Gasteiger partial charge is 0.479 e. The van der Waals surface area contributed by atoms with E-state index in [1.807, 2.05) is 13.1 Å². The summed E-state index contributed by atoms with van der Waals surface area (Å²) in [5.74, 6) is -1.57. The van der Waals surface area contributed by atoms with E-state index < -0.39 is 22.6 Å². The monoisotopic (exact) mass is 486 g/mol. The fraction of sp³-hybridized carbons (Fsp3) is 0.348. The summed E-state index contributed by atoms with van der Waals surface area (Å²) in [4.78, 5) is 32.6. The van der Waals surface area contributed by atoms with E-state index in [9.17, 15) is 18.0 Å². The van der Waals surface area contributed by atoms with Crippen LogP contribution in [0.15, 0.2) is 40.4 Å². The quantitative estimate of drug-likeness (QED) is 0.613. The number of hydrogen-bond acceptors (Lipinski definition) is 7. The Labute approximate surface area is 198 Å². The standard InChI is InChI=1S/C23H26N4O6S/c1-25(2)34(31,32)15-7-5-14(6-8-15)17-11-18-21(24-33-13-20(28)29)23(30)27(4)22(18)19-12-26(3)10-9-16(17)19/h5-8,11H,9-10,12-13H2,1-4H3,(H,28,29). The first-order chi connectivity index (χ1) is 16.0. The second-order valence-electron chi connectivity index (χ2n) is 8.55. The molecule has 0 unspecified atom stereocenters. The van der Waals surface area contributed by atoms with E-state index in [-0.39, 0.29) is 16.5 Å². The third-order valence-electron chi connectivity index (χ3n) is 6.08. The van der Waals surface area contributed by atoms with E-state index in [2.05, 4.69) is 10.1 Å². The van der Waals surface area contributed by atoms with Crippen molar-refractivity contribution >= 4 is 33.3 Å². The average molecular weight is 487 g/mol. The van der Waals surface area contributed by atoms with Gasteiger partial charge in [-0.2, -0.15) is 0 Å². The molecule has 10 nitrogen and oxygen atoms in total. The third kappa shape index (κ3) is 4.06. The maximum atomic E-state index is 13.0. The van der Waals surface area contributed by atoms with Crippen molar-refractivity contribution in [2.75, 3.05) is 46.2 Å². The van der Waals surface area contributed by atoms with Gasteiger partial charge in [0.15, 0.2) is 5.71 Å². The maximum Gasteiger partial charge on any atom is 0.344 e. The molecule has 0 aliphatic carbocycles. The van der Waals surface area contributed by atoms with Crippen LogP contribution >= 0.6 is 0 Å². The third-order valence-corrected chi connectivity index (χ3v) is 7.91. The molecular weight excluding hydrogens is 460 g/mol. The van der Waals surface area contributed by atoms with Gasteiger partial charge in [-0.25, -0.2) is 17.5 Å². The molecule has 2 heterocycles. The molecule has 0 fully saturated rings. The van der Waals surface area contributed by atoms with Crippen molar-refractivity contribution in [3.05, 3.63) is 47.0 Å². The molecule has 2 aromatic rings. The van der Waals surface area contributed by atoms with Gasteiger partial charge in [0.2, 0.25) is 16.6 Å². The van der Waals surface area contributed by atoms with Crippen LogP contribution in [0, 0.1) is 0 Å². The smallest absolute Gasteiger partial charge is 0.344 e. The van der Waals surface area contributed by atoms with Crippen LogP contribution in [0.3, 0.4) is 0 Å². The molecule has 2 aliphatic rings. The molecule has 0 saturated heterocycles. The van der Waals surface area contributed by atoms with Gasteiger partial charge < -0.3 is 19.7 Å². The van der Waals surface area contributed by atoms with Crippen molar-refractivity contribution in [2.24, 2.45) is 5.16 Å². The number of benzene rings is 2. The minimum absolute atomic E-state index is 0.0443. The van der Waals surface area contributed by atoms with Gasteiger partial charge in [-0.1, -0.05) is 17.3 Å². The van der Waals surface area contributed by atoms with Gasteiger partial charge in [-0.05, 0) is 53.9 Å². The SMILES string of the molecule is CN1CCc2c(-c3ccc(S(=O)(=O)N(C)C)cc3)cc3c(c2C1)N(C)C(=O)C3=NOCC(=O)O. The van der Waals surface area contributed by atoms with Crippen LogP contribution in [-0.2, 0) is 37.4 Å². The molecule has 0 aromatic heterocycles. The Kier molecular flexibility index (Phi) is 6.19. The number of oxime groups is 1. The summed E-state index contributed by atoms with van der Waals surface area (Å²) in [6, 6.07) is 8.52. The molecule has 0 bridgehead atoms. The lowest BCUT2D eigenvalue weighted by atomic mass is 9.87. The van der Waals surface area contributed by atoms with E-state index in [1.165, 1.54) is 19.0 Å². The van der Waals surface area contributed by atoms with Gasteiger partial charge in [0, 0.05) is 39.8 Å². The van der Waals surface area contributed by atoms with Crippen LogP contribution in [0.1, 0.15) is 16.7 Å². The zero-order chi connectivity index (χ0) is 24.8. The first kappa shape index (κ1) is 23.9. The highest BCUT2D eigenvalue weighted by Gasteiger charge is 2.37. The Morgan fingerprint density at radius 3 is 2.44 bits per heavy atom. The molecule has 1 N–H and O–H groups in total. The number of anilines is 1. The summed E-state index contributed by atoms with van der Waals surface area (Å²) in [7, 11) is 3.08. The van der Waals surface area contributed by atoms with Gasteiger partial charge in [0.25, 0.3) is 5.91 Å². The molecule has 4 rings (SSSR count). The molecule has 0 radical (unpaired) electrons. The van der Waals surface area contributed by atoms with Crippen LogP contribution < -0.4 is 4.90 Å². The maximum absolute atomic E-state index is 13.0. The van der Waals surface area contributed by atoms with Gasteiger partial charge >= 0.3 is 5.97 Å². The van der Waals surface area contributed by atoms with E-state index in [1.54, 1.807) is 31.3 Å². The predicted octanol–water partition coefficient (Wildman–Crippen LogP) is 1.37. The van der Waals surface area contributed by atoms with Crippen molar-refractivity contribution in [1.29, 1.82) is 0 Å². The molecule has 11 heteroatoms. The Morgan fingerprint density at radius 1 is 1.15 bits per heavy atom. The number of amides is 1. The number of carboxylic acid groups (broad SMARTS) is 1. The zero-order valence-electron chi connectivity index (χ0n) is 19.4. The number of carboxylic acids is 1. The predicted molar refractivity (Wildman–Crippen MR) is 126 cm³/mol. The molecule has 180 valence electrons. The highest BCUT2D eigenvalue weighted by Crippen LogP contribution is 2.42. The van der Waals surface area contributed by atoms with Gasteiger partial charge in [-0.3, -0.25) is 4.79 Å². The number of carbonyl (C=O) groups is 2. The fourth-order valence-corrected chi connectivity index (χ4v) is 5.23. The van der Waals surface area contributed by atoms with Crippen LogP contribution in [0.2, 0.25) is 0 Å². The molecule has 0 saturated carbocycles. The second kappa shape index (κ2) is 8.82. The number of rotatable bonds is 6. The molecule has 2 aliphatic heterocycles. The van der Waals surface area contributed by atoms with Crippen molar-refractivity contribution in [3.63, 3.8) is 0 Å². The van der Waals surface area contributed by atoms with Crippen LogP contribution in [0.25, 0.3) is 11.1 Å². The number of likely N-dealkylation sites (N-methyl/N-ethyl adjacent to an activating group) is 2. The van der Waals surface area contributed by atoms with Crippen molar-refractivity contribution in [2.45, 2.75) is 17.9 Å². The molecule has 2 aromatic carbocycles. The summed E-state index contributed by atoms with van der Waals surface area (Å²) in [6.45, 7) is 0.809. The number of carbonyl (C=O) groups excluding carboxylic acids is 1. The average Bonchev–Trinajstić information content (AvgIpc) is 3.03. The van der Waals surface area contributed by atoms with Gasteiger partial charge in [-0.15, -0.1) is 0 Å². The molecular formula is C23H26N4O6S. The summed E-state index contributed by atoms with van der Waals surface area (Å²) in [5, 5.41) is 12.7. The minimum atomic E-state index is -3.56. The van der Waals surface area contributed by atoms with Crippen molar-refractivity contribution < 1.29 is 28.0 Å². The van der Waals surface area contributed by atoms with E-state index in [0.717, 1.165) is 45.2 Å². The first-order valence-electron chi connectivity index (χ1n) is 10.6. The molecule has 34 heavy (non-hydrogen) atoms. The van der Waals surface area contributed by atoms with Gasteiger partial charge in [0.05, 0.1) is 10.6 Å². The number of nitrogens with zero attached hydrogens (tertiary/aromatic N) is 4. The van der Waals surface area contributed by atoms with Crippen LogP contribution in [0.4, 0.5) is 5.69 Å². The lowest BCUT2D eigenvalue weighted by molar-refractivity contribution is -0.142. The van der Waals surface area contributed by atoms with E-state index in [0.29, 0.717) is 12.1 Å². The molecule has 0 spiro atoms. The second-order valence-corrected chi connectivity index (χ2v) is 10.7. The summed E-state index contributed by atoms with van der Waals surface area (Å²) in [6.07, 6.45) is 0.760. The summed E-state index contributed by atoms with van der Waals surface area (Å²) in [5.41, 5.74) is 5.12. The van der Waals surface area contributed by atoms with Gasteiger partial charge in [0.1, 0.15) is 0 Å². The Morgan fingerprint density at radius 2 is 1.82 bits per heavy atom. The van der Waals surface area contributed by atoms with Crippen LogP contribution in [-0.4, -0.2) is 81.7 Å². The summed E-state index contributed by atoms with van der Waals surface area (Å²) >= 11 is 0. The number of hydrogen-bond donors (Lipinski definition) is 1. The first-order valence-corrected chi connectivity index (χ1v) is 12.1. The Bertz CT molecular complexity index is 1300. The highest BCUT2D eigenvalue weighted by molar-refractivity contribution is 7.89. The van der Waals surface area contributed by atoms with E-state index in [4.69, 9.17) is 9.94 Å². The fourth-order valence-electron chi connectivity index (χ4n) is 4.33. The number of aliphatic carboxylic acids is 1. The normalized spacial score (nSPS) is 17.3. The number of sulfonamides is 1. The lowest BCUT2D eigenvalue weighted by Gasteiger charge is -2.30.